The van der Waals surface area contributed by atoms with E-state index in [1.165, 1.54) is 6.92 Å². The molecule has 4 rings (SSSR count). The minimum Gasteiger partial charge on any atom is -0.462 e. The number of para-hydroxylation sites is 1. The van der Waals surface area contributed by atoms with E-state index >= 15 is 0 Å². The highest BCUT2D eigenvalue weighted by molar-refractivity contribution is 6.44. The van der Waals surface area contributed by atoms with Crippen LogP contribution in [0.1, 0.15) is 52.9 Å². The van der Waals surface area contributed by atoms with Gasteiger partial charge in [-0.25, -0.2) is 9.78 Å². The first kappa shape index (κ1) is 23.1. The van der Waals surface area contributed by atoms with Crippen LogP contribution in [0.5, 0.6) is 0 Å². The predicted molar refractivity (Wildman–Crippen MR) is 131 cm³/mol. The summed E-state index contributed by atoms with van der Waals surface area (Å²) in [6, 6.07) is 20.5. The van der Waals surface area contributed by atoms with Crippen LogP contribution in [0.4, 0.5) is 0 Å². The topological polar surface area (TPSA) is 78.3 Å². The molecule has 0 aliphatic carbocycles. The van der Waals surface area contributed by atoms with Gasteiger partial charge in [-0.1, -0.05) is 61.5 Å². The van der Waals surface area contributed by atoms with Crippen molar-refractivity contribution in [1.82, 2.24) is 9.55 Å². The molecular formula is C28H26N2O4. The molecule has 0 bridgehead atoms. The van der Waals surface area contributed by atoms with E-state index in [1.807, 2.05) is 55.5 Å². The van der Waals surface area contributed by atoms with Gasteiger partial charge in [-0.2, -0.15) is 0 Å². The van der Waals surface area contributed by atoms with E-state index in [1.54, 1.807) is 25.1 Å². The van der Waals surface area contributed by atoms with Gasteiger partial charge in [-0.3, -0.25) is 9.59 Å². The number of aromatic nitrogens is 2. The highest BCUT2D eigenvalue weighted by Gasteiger charge is 2.19. The minimum atomic E-state index is -0.497. The van der Waals surface area contributed by atoms with Gasteiger partial charge in [0.15, 0.2) is 5.78 Å². The van der Waals surface area contributed by atoms with Gasteiger partial charge < -0.3 is 9.30 Å². The number of esters is 1. The maximum absolute atomic E-state index is 12.6. The number of Topliss-reactive ketones (excluding diaryl/α,β-unsaturated/α-hetero) is 2. The van der Waals surface area contributed by atoms with Gasteiger partial charge in [0.1, 0.15) is 5.82 Å². The van der Waals surface area contributed by atoms with Crippen molar-refractivity contribution < 1.29 is 19.1 Å². The summed E-state index contributed by atoms with van der Waals surface area (Å²) in [5, 5.41) is 0. The molecule has 0 unspecified atom stereocenters. The van der Waals surface area contributed by atoms with E-state index in [0.717, 1.165) is 40.0 Å². The molecule has 172 valence electrons. The molecule has 0 saturated heterocycles. The largest absolute Gasteiger partial charge is 0.462 e. The number of imidazole rings is 1. The molecule has 6 heteroatoms. The molecule has 0 amide bonds. The SMILES string of the molecule is CCOC(=O)c1cccc2nc(CC)n(Cc3ccc(-c4ccccc4C(=O)C(C)=O)cc3)c12. The lowest BCUT2D eigenvalue weighted by Crippen LogP contribution is -2.11. The summed E-state index contributed by atoms with van der Waals surface area (Å²) in [6.07, 6.45) is 0.718. The normalized spacial score (nSPS) is 10.9. The number of carbonyl (C=O) groups is 3. The van der Waals surface area contributed by atoms with Crippen LogP contribution in [0.3, 0.4) is 0 Å². The molecule has 0 aliphatic heterocycles. The van der Waals surface area contributed by atoms with E-state index < -0.39 is 11.6 Å². The summed E-state index contributed by atoms with van der Waals surface area (Å²) in [7, 11) is 0. The van der Waals surface area contributed by atoms with Gasteiger partial charge in [0, 0.05) is 25.5 Å². The first-order valence-electron chi connectivity index (χ1n) is 11.3. The van der Waals surface area contributed by atoms with Crippen molar-refractivity contribution in [2.45, 2.75) is 33.7 Å². The van der Waals surface area contributed by atoms with Crippen molar-refractivity contribution in [3.8, 4) is 11.1 Å². The number of carbonyl (C=O) groups excluding carboxylic acids is 3. The lowest BCUT2D eigenvalue weighted by molar-refractivity contribution is -0.113. The number of hydrogen-bond acceptors (Lipinski definition) is 5. The van der Waals surface area contributed by atoms with Crippen molar-refractivity contribution in [3.05, 3.63) is 89.2 Å². The van der Waals surface area contributed by atoms with E-state index in [-0.39, 0.29) is 5.97 Å². The Hall–Kier alpha value is -4.06. The molecule has 1 aromatic heterocycles. The van der Waals surface area contributed by atoms with Crippen molar-refractivity contribution >= 4 is 28.6 Å². The van der Waals surface area contributed by atoms with Gasteiger partial charge >= 0.3 is 5.97 Å². The lowest BCUT2D eigenvalue weighted by atomic mass is 9.95. The van der Waals surface area contributed by atoms with E-state index in [2.05, 4.69) is 4.57 Å². The Labute approximate surface area is 198 Å². The molecular weight excluding hydrogens is 428 g/mol. The number of nitrogens with zero attached hydrogens (tertiary/aromatic N) is 2. The number of ketones is 2. The van der Waals surface area contributed by atoms with Gasteiger partial charge in [0.2, 0.25) is 5.78 Å². The number of hydrogen-bond donors (Lipinski definition) is 0. The minimum absolute atomic E-state index is 0.305. The fraction of sp³-hybridized carbons (Fsp3) is 0.214. The molecule has 0 N–H and O–H groups in total. The van der Waals surface area contributed by atoms with Crippen LogP contribution in [0.25, 0.3) is 22.2 Å². The van der Waals surface area contributed by atoms with E-state index in [0.29, 0.717) is 24.3 Å². The zero-order valence-electron chi connectivity index (χ0n) is 19.5. The van der Waals surface area contributed by atoms with Crippen LogP contribution >= 0.6 is 0 Å². The zero-order chi connectivity index (χ0) is 24.2. The van der Waals surface area contributed by atoms with Crippen LogP contribution in [0, 0.1) is 0 Å². The highest BCUT2D eigenvalue weighted by atomic mass is 16.5. The Morgan fingerprint density at radius 3 is 2.26 bits per heavy atom. The molecule has 0 radical (unpaired) electrons. The number of aryl methyl sites for hydroxylation is 1. The van der Waals surface area contributed by atoms with Crippen LogP contribution in [0.2, 0.25) is 0 Å². The summed E-state index contributed by atoms with van der Waals surface area (Å²) in [6.45, 7) is 5.95. The molecule has 0 atom stereocenters. The Morgan fingerprint density at radius 2 is 1.59 bits per heavy atom. The summed E-state index contributed by atoms with van der Waals surface area (Å²) < 4.78 is 7.32. The van der Waals surface area contributed by atoms with E-state index in [9.17, 15) is 14.4 Å². The number of ether oxygens (including phenoxy) is 1. The van der Waals surface area contributed by atoms with Crippen LogP contribution < -0.4 is 0 Å². The quantitative estimate of drug-likeness (QED) is 0.206. The lowest BCUT2D eigenvalue weighted by Gasteiger charge is -2.12. The number of fused-ring (bicyclic) bond motifs is 1. The average Bonchev–Trinajstić information content (AvgIpc) is 3.21. The average molecular weight is 455 g/mol. The molecule has 0 saturated carbocycles. The molecule has 0 aliphatic rings. The standard InChI is InChI=1S/C28H26N2O4/c1-4-25-29-24-12-8-11-23(28(33)34-5-2)26(24)30(25)17-19-13-15-20(16-14-19)21-9-6-7-10-22(21)27(32)18(3)31/h6-16H,4-5,17H2,1-3H3. The van der Waals surface area contributed by atoms with Crippen molar-refractivity contribution in [3.63, 3.8) is 0 Å². The van der Waals surface area contributed by atoms with Crippen molar-refractivity contribution in [2.75, 3.05) is 6.61 Å². The third kappa shape index (κ3) is 4.39. The van der Waals surface area contributed by atoms with Crippen LogP contribution in [0.15, 0.2) is 66.7 Å². The smallest absolute Gasteiger partial charge is 0.340 e. The maximum atomic E-state index is 12.6. The Morgan fingerprint density at radius 1 is 0.882 bits per heavy atom. The van der Waals surface area contributed by atoms with Gasteiger partial charge in [-0.15, -0.1) is 0 Å². The van der Waals surface area contributed by atoms with Crippen LogP contribution in [-0.2, 0) is 22.5 Å². The molecule has 1 heterocycles. The zero-order valence-corrected chi connectivity index (χ0v) is 19.5. The molecule has 0 fully saturated rings. The highest BCUT2D eigenvalue weighted by Crippen LogP contribution is 2.27. The second-order valence-electron chi connectivity index (χ2n) is 7.99. The summed E-state index contributed by atoms with van der Waals surface area (Å²) in [5.41, 5.74) is 5.02. The second kappa shape index (κ2) is 9.83. The maximum Gasteiger partial charge on any atom is 0.340 e. The summed E-state index contributed by atoms with van der Waals surface area (Å²) >= 11 is 0. The summed E-state index contributed by atoms with van der Waals surface area (Å²) in [4.78, 5) is 41.3. The van der Waals surface area contributed by atoms with Gasteiger partial charge in [0.05, 0.1) is 23.2 Å². The molecule has 0 spiro atoms. The number of benzene rings is 3. The number of rotatable bonds is 8. The molecule has 34 heavy (non-hydrogen) atoms. The molecule has 3 aromatic carbocycles. The Kier molecular flexibility index (Phi) is 6.68. The van der Waals surface area contributed by atoms with Crippen molar-refractivity contribution in [1.29, 1.82) is 0 Å². The first-order valence-corrected chi connectivity index (χ1v) is 11.3. The molecule has 4 aromatic rings. The fourth-order valence-electron chi connectivity index (χ4n) is 4.14. The molecule has 6 nitrogen and oxygen atoms in total. The fourth-order valence-corrected chi connectivity index (χ4v) is 4.14. The third-order valence-corrected chi connectivity index (χ3v) is 5.75. The Balaban J connectivity index is 1.72. The Bertz CT molecular complexity index is 1380. The van der Waals surface area contributed by atoms with Crippen molar-refractivity contribution in [2.24, 2.45) is 0 Å². The first-order chi connectivity index (χ1) is 16.4. The second-order valence-corrected chi connectivity index (χ2v) is 7.99. The van der Waals surface area contributed by atoms with Gasteiger partial charge in [-0.05, 0) is 35.7 Å². The monoisotopic (exact) mass is 454 g/mol. The third-order valence-electron chi connectivity index (χ3n) is 5.75. The predicted octanol–water partition coefficient (Wildman–Crippen LogP) is 5.26. The van der Waals surface area contributed by atoms with E-state index in [4.69, 9.17) is 9.72 Å². The summed E-state index contributed by atoms with van der Waals surface area (Å²) in [5.74, 6) is -0.462. The van der Waals surface area contributed by atoms with Crippen LogP contribution in [-0.4, -0.2) is 33.7 Å². The van der Waals surface area contributed by atoms with Gasteiger partial charge in [0.25, 0.3) is 0 Å².